The second-order valence-corrected chi connectivity index (χ2v) is 7.79. The van der Waals surface area contributed by atoms with E-state index in [4.69, 9.17) is 10.7 Å². The van der Waals surface area contributed by atoms with Crippen molar-refractivity contribution < 1.29 is 4.39 Å². The van der Waals surface area contributed by atoms with Crippen molar-refractivity contribution in [2.45, 2.75) is 32.5 Å². The van der Waals surface area contributed by atoms with Crippen molar-refractivity contribution in [3.05, 3.63) is 93.9 Å². The highest BCUT2D eigenvalue weighted by Crippen LogP contribution is 2.25. The van der Waals surface area contributed by atoms with Crippen molar-refractivity contribution in [1.82, 2.24) is 24.6 Å². The van der Waals surface area contributed by atoms with Gasteiger partial charge in [-0.25, -0.2) is 9.37 Å². The van der Waals surface area contributed by atoms with E-state index in [0.29, 0.717) is 43.0 Å². The predicted molar refractivity (Wildman–Crippen MR) is 123 cm³/mol. The molecule has 1 atom stereocenters. The minimum absolute atomic E-state index is 0.129. The fourth-order valence-corrected chi connectivity index (χ4v) is 4.06. The Kier molecular flexibility index (Phi) is 6.72. The highest BCUT2D eigenvalue weighted by atomic mass is 19.1. The monoisotopic (exact) mass is 434 g/mol. The van der Waals surface area contributed by atoms with E-state index in [2.05, 4.69) is 22.0 Å². The summed E-state index contributed by atoms with van der Waals surface area (Å²) in [4.78, 5) is 20.4. The van der Waals surface area contributed by atoms with Crippen LogP contribution < -0.4 is 11.3 Å². The molecule has 166 valence electrons. The van der Waals surface area contributed by atoms with Crippen LogP contribution in [-0.2, 0) is 13.1 Å². The highest BCUT2D eigenvalue weighted by Gasteiger charge is 2.25. The number of aromatic nitrogens is 4. The molecule has 0 aliphatic rings. The highest BCUT2D eigenvalue weighted by molar-refractivity contribution is 5.72. The Labute approximate surface area is 185 Å². The van der Waals surface area contributed by atoms with Gasteiger partial charge in [0.2, 0.25) is 0 Å². The van der Waals surface area contributed by atoms with Gasteiger partial charge in [-0.3, -0.25) is 19.4 Å². The van der Waals surface area contributed by atoms with E-state index in [1.807, 2.05) is 30.3 Å². The molecule has 1 unspecified atom stereocenters. The summed E-state index contributed by atoms with van der Waals surface area (Å²) in [6.07, 6.45) is 2.25. The molecule has 4 rings (SSSR count). The number of halogens is 1. The van der Waals surface area contributed by atoms with E-state index >= 15 is 0 Å². The molecule has 0 spiro atoms. The molecule has 3 N–H and O–H groups in total. The van der Waals surface area contributed by atoms with Crippen LogP contribution in [0.25, 0.3) is 11.0 Å². The molecule has 0 aliphatic heterocycles. The second kappa shape index (κ2) is 9.84. The summed E-state index contributed by atoms with van der Waals surface area (Å²) >= 11 is 0. The van der Waals surface area contributed by atoms with Gasteiger partial charge in [-0.1, -0.05) is 49.4 Å². The maximum atomic E-state index is 13.4. The number of nitrogens with one attached hydrogen (secondary N) is 1. The lowest BCUT2D eigenvalue weighted by atomic mass is 10.1. The Balaban J connectivity index is 1.79. The molecule has 2 aromatic carbocycles. The molecule has 4 aromatic rings. The smallest absolute Gasteiger partial charge is 0.265 e. The van der Waals surface area contributed by atoms with Crippen LogP contribution >= 0.6 is 0 Å². The summed E-state index contributed by atoms with van der Waals surface area (Å²) in [5.74, 6) is 0.392. The molecule has 2 heterocycles. The number of benzene rings is 2. The van der Waals surface area contributed by atoms with Crippen LogP contribution in [0.3, 0.4) is 0 Å². The van der Waals surface area contributed by atoms with Crippen LogP contribution in [0.4, 0.5) is 4.39 Å². The van der Waals surface area contributed by atoms with Gasteiger partial charge >= 0.3 is 0 Å². The maximum Gasteiger partial charge on any atom is 0.265 e. The van der Waals surface area contributed by atoms with Crippen LogP contribution in [0.5, 0.6) is 0 Å². The Morgan fingerprint density at radius 3 is 2.56 bits per heavy atom. The maximum absolute atomic E-state index is 13.4. The number of fused-ring (bicyclic) bond motifs is 1. The van der Waals surface area contributed by atoms with E-state index in [-0.39, 0.29) is 17.4 Å². The van der Waals surface area contributed by atoms with Gasteiger partial charge in [0.05, 0.1) is 18.8 Å². The van der Waals surface area contributed by atoms with Gasteiger partial charge in [-0.2, -0.15) is 5.10 Å². The van der Waals surface area contributed by atoms with E-state index in [0.717, 1.165) is 17.5 Å². The Bertz CT molecular complexity index is 1220. The van der Waals surface area contributed by atoms with Gasteiger partial charge in [0.25, 0.3) is 5.56 Å². The molecular formula is C24H27FN6O. The Morgan fingerprint density at radius 2 is 1.88 bits per heavy atom. The van der Waals surface area contributed by atoms with E-state index in [9.17, 15) is 9.18 Å². The third-order valence-corrected chi connectivity index (χ3v) is 5.62. The van der Waals surface area contributed by atoms with Crippen molar-refractivity contribution in [2.24, 2.45) is 5.73 Å². The first-order chi connectivity index (χ1) is 15.6. The second-order valence-electron chi connectivity index (χ2n) is 7.79. The number of nitrogens with two attached hydrogens (primary N) is 1. The minimum Gasteiger partial charge on any atom is -0.329 e. The molecular weight excluding hydrogens is 407 g/mol. The normalized spacial score (nSPS) is 12.5. The van der Waals surface area contributed by atoms with Crippen molar-refractivity contribution in [3.63, 3.8) is 0 Å². The van der Waals surface area contributed by atoms with Crippen molar-refractivity contribution >= 4 is 11.0 Å². The first-order valence-corrected chi connectivity index (χ1v) is 10.8. The molecule has 0 saturated carbocycles. The molecule has 32 heavy (non-hydrogen) atoms. The molecule has 0 saturated heterocycles. The van der Waals surface area contributed by atoms with Gasteiger partial charge in [0, 0.05) is 19.6 Å². The van der Waals surface area contributed by atoms with Crippen LogP contribution in [0.1, 0.15) is 36.3 Å². The summed E-state index contributed by atoms with van der Waals surface area (Å²) in [6, 6.07) is 16.1. The number of hydrogen-bond acceptors (Lipinski definition) is 5. The van der Waals surface area contributed by atoms with E-state index < -0.39 is 0 Å². The number of rotatable bonds is 9. The first kappa shape index (κ1) is 21.9. The molecule has 0 bridgehead atoms. The number of nitrogens with zero attached hydrogens (tertiary/aromatic N) is 4. The third-order valence-electron chi connectivity index (χ3n) is 5.62. The zero-order valence-corrected chi connectivity index (χ0v) is 18.0. The van der Waals surface area contributed by atoms with Crippen molar-refractivity contribution in [1.29, 1.82) is 0 Å². The summed E-state index contributed by atoms with van der Waals surface area (Å²) in [5.41, 5.74) is 8.27. The average Bonchev–Trinajstić information content (AvgIpc) is 3.28. The molecule has 2 aromatic heterocycles. The van der Waals surface area contributed by atoms with E-state index in [1.165, 1.54) is 18.3 Å². The lowest BCUT2D eigenvalue weighted by Crippen LogP contribution is -2.37. The number of hydrogen-bond donors (Lipinski definition) is 2. The Hall–Kier alpha value is -3.36. The Morgan fingerprint density at radius 1 is 1.12 bits per heavy atom. The average molecular weight is 435 g/mol. The van der Waals surface area contributed by atoms with Gasteiger partial charge < -0.3 is 5.73 Å². The largest absolute Gasteiger partial charge is 0.329 e. The molecule has 7 nitrogen and oxygen atoms in total. The first-order valence-electron chi connectivity index (χ1n) is 10.8. The molecule has 8 heteroatoms. The van der Waals surface area contributed by atoms with Gasteiger partial charge in [0.15, 0.2) is 5.65 Å². The van der Waals surface area contributed by atoms with Crippen molar-refractivity contribution in [2.75, 3.05) is 13.1 Å². The minimum atomic E-state index is -0.269. The van der Waals surface area contributed by atoms with Crippen LogP contribution in [0.2, 0.25) is 0 Å². The SMILES string of the molecule is CCC(c1nc2[nH]ncc2c(=O)n1Cc1ccccc1)N(CCN)Cc1ccc(F)cc1. The molecule has 0 aliphatic carbocycles. The molecule has 0 amide bonds. The van der Waals surface area contributed by atoms with Crippen molar-refractivity contribution in [3.8, 4) is 0 Å². The quantitative estimate of drug-likeness (QED) is 0.422. The lowest BCUT2D eigenvalue weighted by molar-refractivity contribution is 0.176. The van der Waals surface area contributed by atoms with Crippen LogP contribution in [0, 0.1) is 5.82 Å². The van der Waals surface area contributed by atoms with E-state index in [1.54, 1.807) is 16.7 Å². The van der Waals surface area contributed by atoms with Crippen LogP contribution in [-0.4, -0.2) is 37.7 Å². The third kappa shape index (κ3) is 4.61. The molecule has 0 fully saturated rings. The van der Waals surface area contributed by atoms with Gasteiger partial charge in [0.1, 0.15) is 17.0 Å². The number of H-pyrrole nitrogens is 1. The zero-order valence-electron chi connectivity index (χ0n) is 18.0. The summed E-state index contributed by atoms with van der Waals surface area (Å²) in [7, 11) is 0. The fraction of sp³-hybridized carbons (Fsp3) is 0.292. The van der Waals surface area contributed by atoms with Gasteiger partial charge in [-0.15, -0.1) is 0 Å². The predicted octanol–water partition coefficient (Wildman–Crippen LogP) is 3.22. The summed E-state index contributed by atoms with van der Waals surface area (Å²) in [5, 5.41) is 7.32. The topological polar surface area (TPSA) is 92.8 Å². The standard InChI is InChI=1S/C24H27FN6O/c1-2-21(30(13-12-26)15-18-8-10-19(25)11-9-18)23-28-22-20(14-27-29-22)24(32)31(23)16-17-6-4-3-5-7-17/h3-11,14,21H,2,12-13,15-16,26H2,1H3,(H,27,29). The number of aromatic amines is 1. The van der Waals surface area contributed by atoms with Crippen LogP contribution in [0.15, 0.2) is 65.6 Å². The lowest BCUT2D eigenvalue weighted by Gasteiger charge is -2.32. The zero-order chi connectivity index (χ0) is 22.5. The van der Waals surface area contributed by atoms with Gasteiger partial charge in [-0.05, 0) is 29.7 Å². The summed E-state index contributed by atoms with van der Waals surface area (Å²) < 4.78 is 15.1. The fourth-order valence-electron chi connectivity index (χ4n) is 4.06. The molecule has 0 radical (unpaired) electrons. The summed E-state index contributed by atoms with van der Waals surface area (Å²) in [6.45, 7) is 4.10.